The quantitative estimate of drug-likeness (QED) is 0.818. The topological polar surface area (TPSA) is 85.8 Å². The summed E-state index contributed by atoms with van der Waals surface area (Å²) in [5.74, 6) is 0.626. The second-order valence-corrected chi connectivity index (χ2v) is 4.51. The van der Waals surface area contributed by atoms with Crippen molar-refractivity contribution in [1.82, 2.24) is 20.1 Å². The first-order chi connectivity index (χ1) is 9.08. The Balaban J connectivity index is 1.91. The van der Waals surface area contributed by atoms with Crippen LogP contribution in [0.25, 0.3) is 0 Å². The Bertz CT molecular complexity index is 596. The molecule has 0 aliphatic rings. The molecule has 0 bridgehead atoms. The number of anilines is 1. The molecule has 1 aromatic carbocycles. The van der Waals surface area contributed by atoms with Gasteiger partial charge in [0.05, 0.1) is 10.7 Å². The normalized spacial score (nSPS) is 10.4. The number of hydrogen-bond donors (Lipinski definition) is 2. The first-order valence-electron chi connectivity index (χ1n) is 5.74. The number of nitrogen functional groups attached to an aromatic ring is 1. The van der Waals surface area contributed by atoms with Crippen molar-refractivity contribution in [3.8, 4) is 0 Å². The van der Waals surface area contributed by atoms with Crippen molar-refractivity contribution in [3.63, 3.8) is 0 Å². The monoisotopic (exact) mass is 279 g/mol. The molecule has 100 valence electrons. The van der Waals surface area contributed by atoms with Crippen LogP contribution in [0, 0.1) is 0 Å². The highest BCUT2D eigenvalue weighted by molar-refractivity contribution is 6.33. The standard InChI is InChI=1S/C12H14ClN5O/c1-18-7-16-17-11(18)4-5-15-12(19)8-2-3-9(13)10(14)6-8/h2-3,6-7H,4-5,14H2,1H3,(H,15,19). The lowest BCUT2D eigenvalue weighted by atomic mass is 10.2. The number of hydrogen-bond acceptors (Lipinski definition) is 4. The lowest BCUT2D eigenvalue weighted by Crippen LogP contribution is -2.26. The second-order valence-electron chi connectivity index (χ2n) is 4.10. The summed E-state index contributed by atoms with van der Waals surface area (Å²) in [6, 6.07) is 4.80. The van der Waals surface area contributed by atoms with Crippen molar-refractivity contribution in [2.45, 2.75) is 6.42 Å². The molecule has 0 saturated carbocycles. The van der Waals surface area contributed by atoms with E-state index in [2.05, 4.69) is 15.5 Å². The maximum atomic E-state index is 11.9. The van der Waals surface area contributed by atoms with Gasteiger partial charge in [-0.15, -0.1) is 10.2 Å². The second kappa shape index (κ2) is 5.71. The Hall–Kier alpha value is -2.08. The van der Waals surface area contributed by atoms with Gasteiger partial charge in [-0.25, -0.2) is 0 Å². The van der Waals surface area contributed by atoms with Gasteiger partial charge in [-0.1, -0.05) is 11.6 Å². The number of carbonyl (C=O) groups excluding carboxylic acids is 1. The number of nitrogens with zero attached hydrogens (tertiary/aromatic N) is 3. The fourth-order valence-corrected chi connectivity index (χ4v) is 1.73. The molecular formula is C12H14ClN5O. The summed E-state index contributed by atoms with van der Waals surface area (Å²) in [4.78, 5) is 11.9. The highest BCUT2D eigenvalue weighted by Gasteiger charge is 2.08. The molecule has 0 radical (unpaired) electrons. The predicted octanol–water partition coefficient (Wildman–Crippen LogP) is 1.02. The Labute approximate surface area is 115 Å². The average molecular weight is 280 g/mol. The van der Waals surface area contributed by atoms with Crippen molar-refractivity contribution in [1.29, 1.82) is 0 Å². The van der Waals surface area contributed by atoms with Crippen LogP contribution in [0.5, 0.6) is 0 Å². The molecule has 2 rings (SSSR count). The van der Waals surface area contributed by atoms with Crippen molar-refractivity contribution in [2.24, 2.45) is 7.05 Å². The molecular weight excluding hydrogens is 266 g/mol. The van der Waals surface area contributed by atoms with E-state index in [4.69, 9.17) is 17.3 Å². The molecule has 0 aliphatic carbocycles. The Kier molecular flexibility index (Phi) is 4.01. The van der Waals surface area contributed by atoms with Gasteiger partial charge in [0, 0.05) is 25.6 Å². The largest absolute Gasteiger partial charge is 0.398 e. The highest BCUT2D eigenvalue weighted by atomic mass is 35.5. The molecule has 1 aromatic heterocycles. The molecule has 0 aliphatic heterocycles. The first-order valence-corrected chi connectivity index (χ1v) is 6.12. The lowest BCUT2D eigenvalue weighted by molar-refractivity contribution is 0.0954. The van der Waals surface area contributed by atoms with Gasteiger partial charge in [-0.05, 0) is 18.2 Å². The van der Waals surface area contributed by atoms with Gasteiger partial charge in [-0.3, -0.25) is 4.79 Å². The first kappa shape index (κ1) is 13.4. The third-order valence-corrected chi connectivity index (χ3v) is 3.04. The Morgan fingerprint density at radius 2 is 2.32 bits per heavy atom. The predicted molar refractivity (Wildman–Crippen MR) is 72.9 cm³/mol. The number of rotatable bonds is 4. The highest BCUT2D eigenvalue weighted by Crippen LogP contribution is 2.19. The number of benzene rings is 1. The molecule has 1 heterocycles. The zero-order chi connectivity index (χ0) is 13.8. The summed E-state index contributed by atoms with van der Waals surface area (Å²) in [5, 5.41) is 10.9. The van der Waals surface area contributed by atoms with Gasteiger partial charge < -0.3 is 15.6 Å². The van der Waals surface area contributed by atoms with Gasteiger partial charge >= 0.3 is 0 Å². The molecule has 6 nitrogen and oxygen atoms in total. The minimum Gasteiger partial charge on any atom is -0.398 e. The third kappa shape index (κ3) is 3.23. The SMILES string of the molecule is Cn1cnnc1CCNC(=O)c1ccc(Cl)c(N)c1. The van der Waals surface area contributed by atoms with Crippen LogP contribution in [0.15, 0.2) is 24.5 Å². The Morgan fingerprint density at radius 1 is 1.53 bits per heavy atom. The van der Waals surface area contributed by atoms with Gasteiger partial charge in [0.1, 0.15) is 12.2 Å². The van der Waals surface area contributed by atoms with E-state index in [0.717, 1.165) is 5.82 Å². The minimum atomic E-state index is -0.189. The maximum Gasteiger partial charge on any atom is 0.251 e. The lowest BCUT2D eigenvalue weighted by Gasteiger charge is -2.06. The maximum absolute atomic E-state index is 11.9. The van der Waals surface area contributed by atoms with Gasteiger partial charge in [0.25, 0.3) is 5.91 Å². The number of halogens is 1. The molecule has 19 heavy (non-hydrogen) atoms. The van der Waals surface area contributed by atoms with Gasteiger partial charge in [0.2, 0.25) is 0 Å². The van der Waals surface area contributed by atoms with E-state index in [1.165, 1.54) is 0 Å². The molecule has 3 N–H and O–H groups in total. The van der Waals surface area contributed by atoms with E-state index < -0.39 is 0 Å². The number of nitrogens with one attached hydrogen (secondary N) is 1. The molecule has 0 fully saturated rings. The van der Waals surface area contributed by atoms with Crippen molar-refractivity contribution < 1.29 is 4.79 Å². The summed E-state index contributed by atoms with van der Waals surface area (Å²) >= 11 is 5.80. The molecule has 1 amide bonds. The van der Waals surface area contributed by atoms with E-state index in [1.54, 1.807) is 24.5 Å². The van der Waals surface area contributed by atoms with Crippen molar-refractivity contribution in [3.05, 3.63) is 40.9 Å². The summed E-state index contributed by atoms with van der Waals surface area (Å²) in [7, 11) is 1.86. The summed E-state index contributed by atoms with van der Waals surface area (Å²) in [5.41, 5.74) is 6.53. The van der Waals surface area contributed by atoms with E-state index in [1.807, 2.05) is 11.6 Å². The van der Waals surface area contributed by atoms with Gasteiger partial charge in [0.15, 0.2) is 0 Å². The van der Waals surface area contributed by atoms with E-state index in [9.17, 15) is 4.79 Å². The van der Waals surface area contributed by atoms with Gasteiger partial charge in [-0.2, -0.15) is 0 Å². The Morgan fingerprint density at radius 3 is 2.95 bits per heavy atom. The van der Waals surface area contributed by atoms with Crippen LogP contribution in [-0.2, 0) is 13.5 Å². The van der Waals surface area contributed by atoms with Crippen molar-refractivity contribution >= 4 is 23.2 Å². The average Bonchev–Trinajstić information content (AvgIpc) is 2.78. The van der Waals surface area contributed by atoms with E-state index in [-0.39, 0.29) is 5.91 Å². The fraction of sp³-hybridized carbons (Fsp3) is 0.250. The number of amides is 1. The van der Waals surface area contributed by atoms with Crippen LogP contribution >= 0.6 is 11.6 Å². The fourth-order valence-electron chi connectivity index (χ4n) is 1.61. The van der Waals surface area contributed by atoms with Crippen LogP contribution in [0.4, 0.5) is 5.69 Å². The number of aryl methyl sites for hydroxylation is 1. The van der Waals surface area contributed by atoms with E-state index >= 15 is 0 Å². The van der Waals surface area contributed by atoms with Crippen molar-refractivity contribution in [2.75, 3.05) is 12.3 Å². The van der Waals surface area contributed by atoms with Crippen LogP contribution < -0.4 is 11.1 Å². The molecule has 0 saturated heterocycles. The zero-order valence-corrected chi connectivity index (χ0v) is 11.2. The summed E-state index contributed by atoms with van der Waals surface area (Å²) in [6.07, 6.45) is 2.24. The van der Waals surface area contributed by atoms with Crippen LogP contribution in [0.1, 0.15) is 16.2 Å². The minimum absolute atomic E-state index is 0.189. The number of nitrogens with two attached hydrogens (primary N) is 1. The molecule has 0 spiro atoms. The molecule has 0 atom stereocenters. The molecule has 7 heteroatoms. The van der Waals surface area contributed by atoms with Crippen LogP contribution in [0.2, 0.25) is 5.02 Å². The molecule has 2 aromatic rings. The van der Waals surface area contributed by atoms with Crippen LogP contribution in [-0.4, -0.2) is 27.2 Å². The summed E-state index contributed by atoms with van der Waals surface area (Å²) < 4.78 is 1.81. The number of aromatic nitrogens is 3. The van der Waals surface area contributed by atoms with Crippen LogP contribution in [0.3, 0.4) is 0 Å². The van der Waals surface area contributed by atoms with E-state index in [0.29, 0.717) is 29.2 Å². The molecule has 0 unspecified atom stereocenters. The zero-order valence-electron chi connectivity index (χ0n) is 10.4. The number of carbonyl (C=O) groups is 1. The third-order valence-electron chi connectivity index (χ3n) is 2.70. The smallest absolute Gasteiger partial charge is 0.251 e. The summed E-state index contributed by atoms with van der Waals surface area (Å²) in [6.45, 7) is 0.480.